The van der Waals surface area contributed by atoms with Crippen LogP contribution in [0.3, 0.4) is 0 Å². The van der Waals surface area contributed by atoms with Crippen LogP contribution in [0, 0.1) is 5.41 Å². The molecule has 0 saturated carbocycles. The number of hydrogen-bond donors (Lipinski definition) is 1. The maximum atomic E-state index is 12.7. The van der Waals surface area contributed by atoms with E-state index in [2.05, 4.69) is 33.3 Å². The number of pyridine rings is 1. The van der Waals surface area contributed by atoms with Gasteiger partial charge in [-0.3, -0.25) is 29.4 Å². The zero-order valence-corrected chi connectivity index (χ0v) is 28.7. The van der Waals surface area contributed by atoms with E-state index in [-0.39, 0.29) is 23.3 Å². The molecule has 0 atom stereocenters. The fourth-order valence-corrected chi connectivity index (χ4v) is 8.54. The van der Waals surface area contributed by atoms with Crippen LogP contribution in [0.15, 0.2) is 41.3 Å². The first-order chi connectivity index (χ1) is 23.7. The van der Waals surface area contributed by atoms with Crippen LogP contribution in [0.25, 0.3) is 22.0 Å². The molecule has 1 aliphatic carbocycles. The number of aryl methyl sites for hydroxylation is 2. The lowest BCUT2D eigenvalue weighted by Gasteiger charge is -2.55. The van der Waals surface area contributed by atoms with Gasteiger partial charge in [-0.15, -0.1) is 0 Å². The number of imide groups is 1. The number of fused-ring (bicyclic) bond motifs is 2. The maximum absolute atomic E-state index is 12.7. The molecule has 0 unspecified atom stereocenters. The quantitative estimate of drug-likeness (QED) is 0.315. The van der Waals surface area contributed by atoms with Crippen molar-refractivity contribution < 1.29 is 19.1 Å². The van der Waals surface area contributed by atoms with Crippen LogP contribution in [0.5, 0.6) is 11.5 Å². The smallest absolute Gasteiger partial charge is 0.329 e. The van der Waals surface area contributed by atoms with Gasteiger partial charge in [-0.1, -0.05) is 6.07 Å². The van der Waals surface area contributed by atoms with Crippen molar-refractivity contribution in [2.45, 2.75) is 45.1 Å². The molecule has 12 nitrogen and oxygen atoms in total. The molecule has 0 bridgehead atoms. The van der Waals surface area contributed by atoms with Crippen LogP contribution >= 0.6 is 0 Å². The summed E-state index contributed by atoms with van der Waals surface area (Å²) in [4.78, 5) is 43.6. The SMILES string of the molecule is COc1cc(-c2cn(C)c(=O)c3c2CCC3)cc(OC)c1CN1CCC2(CC1)CN(c1cccc3c(N4CCC(=O)NC4=O)nn(C)c13)C2. The van der Waals surface area contributed by atoms with Crippen LogP contribution in [-0.4, -0.2) is 78.1 Å². The molecule has 49 heavy (non-hydrogen) atoms. The van der Waals surface area contributed by atoms with Crippen molar-refractivity contribution >= 4 is 34.3 Å². The van der Waals surface area contributed by atoms with E-state index < -0.39 is 6.03 Å². The first-order valence-corrected chi connectivity index (χ1v) is 17.2. The monoisotopic (exact) mass is 665 g/mol. The van der Waals surface area contributed by atoms with Gasteiger partial charge in [-0.25, -0.2) is 4.79 Å². The highest BCUT2D eigenvalue weighted by atomic mass is 16.5. The molecular weight excluding hydrogens is 622 g/mol. The van der Waals surface area contributed by atoms with Crippen molar-refractivity contribution in [2.75, 3.05) is 56.7 Å². The number of rotatable bonds is 7. The zero-order chi connectivity index (χ0) is 34.0. The fraction of sp³-hybridized carbons (Fsp3) is 0.459. The molecular formula is C37H43N7O5. The number of nitrogens with zero attached hydrogens (tertiary/aromatic N) is 6. The molecule has 3 saturated heterocycles. The molecule has 5 heterocycles. The predicted octanol–water partition coefficient (Wildman–Crippen LogP) is 3.99. The molecule has 3 amide bonds. The van der Waals surface area contributed by atoms with Crippen molar-refractivity contribution in [3.63, 3.8) is 0 Å². The summed E-state index contributed by atoms with van der Waals surface area (Å²) in [7, 11) is 7.18. The molecule has 12 heteroatoms. The molecule has 2 aromatic carbocycles. The third-order valence-corrected chi connectivity index (χ3v) is 11.2. The number of amides is 3. The van der Waals surface area contributed by atoms with E-state index in [1.807, 2.05) is 37.1 Å². The third kappa shape index (κ3) is 5.24. The number of benzene rings is 2. The number of ether oxygens (including phenoxy) is 2. The normalized spacial score (nSPS) is 18.9. The lowest BCUT2D eigenvalue weighted by Crippen LogP contribution is -2.60. The minimum Gasteiger partial charge on any atom is -0.496 e. The van der Waals surface area contributed by atoms with Crippen LogP contribution < -0.4 is 30.1 Å². The summed E-state index contributed by atoms with van der Waals surface area (Å²) >= 11 is 0. The summed E-state index contributed by atoms with van der Waals surface area (Å²) in [5.74, 6) is 1.95. The molecule has 2 aromatic heterocycles. The summed E-state index contributed by atoms with van der Waals surface area (Å²) in [6, 6.07) is 9.96. The number of likely N-dealkylation sites (tertiary alicyclic amines) is 1. The van der Waals surface area contributed by atoms with E-state index in [4.69, 9.17) is 14.6 Å². The minimum absolute atomic E-state index is 0.107. The number of carbonyl (C=O) groups is 2. The van der Waals surface area contributed by atoms with Crippen molar-refractivity contribution in [2.24, 2.45) is 19.5 Å². The number of anilines is 2. The summed E-state index contributed by atoms with van der Waals surface area (Å²) < 4.78 is 15.5. The standard InChI is InChI=1S/C37H43N7O5/c1-40-19-27(24-7-5-8-25(24)35(40)46)23-17-30(48-3)28(31(18-23)49-4)20-42-15-12-37(13-16-42)21-43(22-37)29-10-6-9-26-33(29)41(2)39-34(26)44-14-11-32(45)38-36(44)47/h6,9-10,17-19H,5,7-8,11-16,20-22H2,1-4H3,(H,38,45,47). The van der Waals surface area contributed by atoms with Crippen molar-refractivity contribution in [1.82, 2.24) is 24.6 Å². The second-order valence-electron chi connectivity index (χ2n) is 14.1. The number of methoxy groups -OCH3 is 2. The Labute approximate surface area is 285 Å². The molecule has 3 fully saturated rings. The van der Waals surface area contributed by atoms with Gasteiger partial charge in [0.05, 0.1) is 31.0 Å². The van der Waals surface area contributed by atoms with E-state index in [9.17, 15) is 14.4 Å². The molecule has 256 valence electrons. The maximum Gasteiger partial charge on any atom is 0.329 e. The molecule has 1 spiro atoms. The Morgan fingerprint density at radius 3 is 2.33 bits per heavy atom. The zero-order valence-electron chi connectivity index (χ0n) is 28.7. The van der Waals surface area contributed by atoms with Gasteiger partial charge in [0.25, 0.3) is 5.56 Å². The summed E-state index contributed by atoms with van der Waals surface area (Å²) in [5, 5.41) is 8.04. The van der Waals surface area contributed by atoms with E-state index in [0.29, 0.717) is 12.4 Å². The van der Waals surface area contributed by atoms with Crippen molar-refractivity contribution in [3.05, 3.63) is 63.6 Å². The van der Waals surface area contributed by atoms with E-state index in [1.165, 1.54) is 0 Å². The highest BCUT2D eigenvalue weighted by molar-refractivity contribution is 6.10. The predicted molar refractivity (Wildman–Crippen MR) is 188 cm³/mol. The lowest BCUT2D eigenvalue weighted by atomic mass is 9.71. The van der Waals surface area contributed by atoms with Crippen LogP contribution in [0.2, 0.25) is 0 Å². The van der Waals surface area contributed by atoms with Gasteiger partial charge < -0.3 is 18.9 Å². The van der Waals surface area contributed by atoms with Crippen LogP contribution in [0.1, 0.15) is 42.4 Å². The Morgan fingerprint density at radius 1 is 0.918 bits per heavy atom. The molecule has 4 aliphatic rings. The number of aromatic nitrogens is 3. The second-order valence-corrected chi connectivity index (χ2v) is 14.1. The van der Waals surface area contributed by atoms with Crippen molar-refractivity contribution in [3.8, 4) is 22.6 Å². The van der Waals surface area contributed by atoms with E-state index >= 15 is 0 Å². The van der Waals surface area contributed by atoms with Gasteiger partial charge in [-0.05, 0) is 80.6 Å². The van der Waals surface area contributed by atoms with Crippen LogP contribution in [-0.2, 0) is 38.3 Å². The summed E-state index contributed by atoms with van der Waals surface area (Å²) in [6.45, 7) is 4.99. The summed E-state index contributed by atoms with van der Waals surface area (Å²) in [5.41, 5.74) is 7.73. The first kappa shape index (κ1) is 31.4. The molecule has 8 rings (SSSR count). The van der Waals surface area contributed by atoms with Gasteiger partial charge in [-0.2, -0.15) is 5.10 Å². The largest absolute Gasteiger partial charge is 0.496 e. The Morgan fingerprint density at radius 2 is 1.63 bits per heavy atom. The Kier molecular flexibility index (Phi) is 7.66. The third-order valence-electron chi connectivity index (χ3n) is 11.2. The van der Waals surface area contributed by atoms with Crippen molar-refractivity contribution in [1.29, 1.82) is 0 Å². The Bertz CT molecular complexity index is 2020. The number of carbonyl (C=O) groups excluding carboxylic acids is 2. The molecule has 1 N–H and O–H groups in total. The highest BCUT2D eigenvalue weighted by Crippen LogP contribution is 2.46. The Hall–Kier alpha value is -4.84. The van der Waals surface area contributed by atoms with E-state index in [0.717, 1.165) is 121 Å². The van der Waals surface area contributed by atoms with Gasteiger partial charge in [0.1, 0.15) is 11.5 Å². The first-order valence-electron chi connectivity index (χ1n) is 17.2. The molecule has 3 aliphatic heterocycles. The molecule has 4 aromatic rings. The average molecular weight is 666 g/mol. The van der Waals surface area contributed by atoms with Gasteiger partial charge in [0.15, 0.2) is 5.82 Å². The second kappa shape index (κ2) is 11.9. The minimum atomic E-state index is -0.421. The number of urea groups is 1. The number of piperidine rings is 1. The average Bonchev–Trinajstić information content (AvgIpc) is 3.71. The summed E-state index contributed by atoms with van der Waals surface area (Å²) in [6.07, 6.45) is 7.17. The Balaban J connectivity index is 0.968. The van der Waals surface area contributed by atoms with E-state index in [1.54, 1.807) is 23.7 Å². The number of nitrogens with one attached hydrogen (secondary N) is 1. The number of para-hydroxylation sites is 1. The van der Waals surface area contributed by atoms with Gasteiger partial charge in [0.2, 0.25) is 5.91 Å². The highest BCUT2D eigenvalue weighted by Gasteiger charge is 2.46. The fourth-order valence-electron chi connectivity index (χ4n) is 8.54. The number of hydrogen-bond acceptors (Lipinski definition) is 8. The van der Waals surface area contributed by atoms with Gasteiger partial charge >= 0.3 is 6.03 Å². The lowest BCUT2D eigenvalue weighted by molar-refractivity contribution is -0.120. The van der Waals surface area contributed by atoms with Gasteiger partial charge in [0, 0.05) is 74.8 Å². The molecule has 0 radical (unpaired) electrons. The topological polar surface area (TPSA) is 114 Å². The van der Waals surface area contributed by atoms with Crippen LogP contribution in [0.4, 0.5) is 16.3 Å².